The average molecular weight is 178 g/mol. The van der Waals surface area contributed by atoms with Gasteiger partial charge in [0.25, 0.3) is 5.91 Å². The Labute approximate surface area is 75.8 Å². The van der Waals surface area contributed by atoms with E-state index in [-0.39, 0.29) is 5.91 Å². The van der Waals surface area contributed by atoms with Crippen molar-refractivity contribution in [3.8, 4) is 6.07 Å². The van der Waals surface area contributed by atoms with Crippen LogP contribution in [0.4, 0.5) is 0 Å². The molecule has 1 heterocycles. The van der Waals surface area contributed by atoms with Crippen LogP contribution in [-0.2, 0) is 0 Å². The first kappa shape index (κ1) is 9.26. The number of carbonyl (C=O) groups excluding carboxylic acids is 1. The molecule has 2 N–H and O–H groups in total. The van der Waals surface area contributed by atoms with Crippen molar-refractivity contribution in [3.63, 3.8) is 0 Å². The molecule has 0 unspecified atom stereocenters. The van der Waals surface area contributed by atoms with Gasteiger partial charge >= 0.3 is 0 Å². The van der Waals surface area contributed by atoms with Gasteiger partial charge in [0.2, 0.25) is 0 Å². The highest BCUT2D eigenvalue weighted by Crippen LogP contribution is 1.96. The lowest BCUT2D eigenvalue weighted by Crippen LogP contribution is -2.32. The van der Waals surface area contributed by atoms with Crippen LogP contribution in [0.2, 0.25) is 0 Å². The van der Waals surface area contributed by atoms with E-state index in [1.165, 1.54) is 12.4 Å². The van der Waals surface area contributed by atoms with Gasteiger partial charge in [0.05, 0.1) is 17.8 Å². The van der Waals surface area contributed by atoms with Gasteiger partial charge in [-0.3, -0.25) is 9.89 Å². The summed E-state index contributed by atoms with van der Waals surface area (Å²) in [6.45, 7) is 1.84. The second-order valence-electron chi connectivity index (χ2n) is 2.55. The molecule has 0 aliphatic rings. The molecule has 0 spiro atoms. The minimum atomic E-state index is -0.428. The van der Waals surface area contributed by atoms with Crippen LogP contribution in [0.15, 0.2) is 12.4 Å². The average Bonchev–Trinajstić information content (AvgIpc) is 2.66. The molecule has 1 aromatic rings. The van der Waals surface area contributed by atoms with Crippen molar-refractivity contribution in [2.45, 2.75) is 19.4 Å². The molecule has 1 rings (SSSR count). The largest absolute Gasteiger partial charge is 0.336 e. The summed E-state index contributed by atoms with van der Waals surface area (Å²) < 4.78 is 0. The zero-order valence-corrected chi connectivity index (χ0v) is 7.24. The number of aromatic amines is 1. The van der Waals surface area contributed by atoms with Crippen LogP contribution in [0.3, 0.4) is 0 Å². The summed E-state index contributed by atoms with van der Waals surface area (Å²) in [5.74, 6) is -0.276. The summed E-state index contributed by atoms with van der Waals surface area (Å²) in [7, 11) is 0. The predicted molar refractivity (Wildman–Crippen MR) is 45.7 cm³/mol. The van der Waals surface area contributed by atoms with Crippen LogP contribution in [0.1, 0.15) is 23.7 Å². The van der Waals surface area contributed by atoms with Crippen LogP contribution in [0, 0.1) is 11.3 Å². The van der Waals surface area contributed by atoms with Gasteiger partial charge in [-0.1, -0.05) is 6.92 Å². The minimum Gasteiger partial charge on any atom is -0.336 e. The van der Waals surface area contributed by atoms with E-state index in [1.54, 1.807) is 0 Å². The SMILES string of the molecule is CC[C@@H](C#N)NC(=O)c1cn[nH]c1. The monoisotopic (exact) mass is 178 g/mol. The predicted octanol–water partition coefficient (Wildman–Crippen LogP) is 0.442. The molecule has 1 atom stereocenters. The van der Waals surface area contributed by atoms with Gasteiger partial charge in [0.1, 0.15) is 6.04 Å². The van der Waals surface area contributed by atoms with Crippen LogP contribution in [0.25, 0.3) is 0 Å². The minimum absolute atomic E-state index is 0.276. The molecule has 5 nitrogen and oxygen atoms in total. The van der Waals surface area contributed by atoms with Crippen LogP contribution >= 0.6 is 0 Å². The molecule has 0 aliphatic carbocycles. The van der Waals surface area contributed by atoms with Gasteiger partial charge < -0.3 is 5.32 Å². The highest BCUT2D eigenvalue weighted by molar-refractivity contribution is 5.93. The Morgan fingerprint density at radius 2 is 2.69 bits per heavy atom. The summed E-state index contributed by atoms with van der Waals surface area (Å²) in [4.78, 5) is 11.3. The van der Waals surface area contributed by atoms with Crippen molar-refractivity contribution in [1.82, 2.24) is 15.5 Å². The van der Waals surface area contributed by atoms with E-state index in [1.807, 2.05) is 13.0 Å². The fourth-order valence-corrected chi connectivity index (χ4v) is 0.842. The van der Waals surface area contributed by atoms with Crippen LogP contribution in [-0.4, -0.2) is 22.1 Å². The normalized spacial score (nSPS) is 11.7. The fraction of sp³-hybridized carbons (Fsp3) is 0.375. The number of hydrogen-bond acceptors (Lipinski definition) is 3. The zero-order chi connectivity index (χ0) is 9.68. The molecule has 0 aromatic carbocycles. The first-order valence-corrected chi connectivity index (χ1v) is 3.97. The Hall–Kier alpha value is -1.83. The zero-order valence-electron chi connectivity index (χ0n) is 7.24. The van der Waals surface area contributed by atoms with Gasteiger partial charge in [-0.05, 0) is 6.42 Å². The van der Waals surface area contributed by atoms with Gasteiger partial charge in [0, 0.05) is 6.20 Å². The van der Waals surface area contributed by atoms with Gasteiger partial charge in [-0.15, -0.1) is 0 Å². The Kier molecular flexibility index (Phi) is 3.03. The first-order chi connectivity index (χ1) is 6.27. The van der Waals surface area contributed by atoms with Crippen molar-refractivity contribution < 1.29 is 4.79 Å². The molecule has 0 radical (unpaired) electrons. The molecular formula is C8H10N4O. The van der Waals surface area contributed by atoms with Crippen LogP contribution in [0.5, 0.6) is 0 Å². The van der Waals surface area contributed by atoms with Crippen molar-refractivity contribution >= 4 is 5.91 Å². The second kappa shape index (κ2) is 4.26. The van der Waals surface area contributed by atoms with E-state index in [9.17, 15) is 4.79 Å². The highest BCUT2D eigenvalue weighted by atomic mass is 16.1. The van der Waals surface area contributed by atoms with E-state index in [0.29, 0.717) is 12.0 Å². The summed E-state index contributed by atoms with van der Waals surface area (Å²) in [6.07, 6.45) is 3.50. The number of carbonyl (C=O) groups is 1. The number of hydrogen-bond donors (Lipinski definition) is 2. The van der Waals surface area contributed by atoms with E-state index in [0.717, 1.165) is 0 Å². The lowest BCUT2D eigenvalue weighted by molar-refractivity contribution is 0.0944. The third kappa shape index (κ3) is 2.30. The van der Waals surface area contributed by atoms with Crippen molar-refractivity contribution in [3.05, 3.63) is 18.0 Å². The van der Waals surface area contributed by atoms with E-state index in [2.05, 4.69) is 15.5 Å². The summed E-state index contributed by atoms with van der Waals surface area (Å²) in [5, 5.41) is 17.3. The van der Waals surface area contributed by atoms with Gasteiger partial charge in [-0.25, -0.2) is 0 Å². The second-order valence-corrected chi connectivity index (χ2v) is 2.55. The molecule has 1 aromatic heterocycles. The first-order valence-electron chi connectivity index (χ1n) is 3.97. The maximum atomic E-state index is 11.3. The molecule has 68 valence electrons. The maximum absolute atomic E-state index is 11.3. The standard InChI is InChI=1S/C8H10N4O/c1-2-7(3-9)12-8(13)6-4-10-11-5-6/h4-5,7H,2H2,1H3,(H,10,11)(H,12,13)/t7-/m0/s1. The molecule has 0 aliphatic heterocycles. The van der Waals surface area contributed by atoms with E-state index >= 15 is 0 Å². The third-order valence-electron chi connectivity index (χ3n) is 1.63. The van der Waals surface area contributed by atoms with Gasteiger partial charge in [0.15, 0.2) is 0 Å². The van der Waals surface area contributed by atoms with E-state index < -0.39 is 6.04 Å². The smallest absolute Gasteiger partial charge is 0.255 e. The molecular weight excluding hydrogens is 168 g/mol. The Bertz CT molecular complexity index is 311. The molecule has 0 bridgehead atoms. The number of amides is 1. The van der Waals surface area contributed by atoms with Gasteiger partial charge in [-0.2, -0.15) is 10.4 Å². The number of H-pyrrole nitrogens is 1. The summed E-state index contributed by atoms with van der Waals surface area (Å²) in [6, 6.07) is 1.55. The maximum Gasteiger partial charge on any atom is 0.255 e. The van der Waals surface area contributed by atoms with Crippen molar-refractivity contribution in [2.24, 2.45) is 0 Å². The van der Waals surface area contributed by atoms with Crippen molar-refractivity contribution in [2.75, 3.05) is 0 Å². The number of nitriles is 1. The number of nitrogens with one attached hydrogen (secondary N) is 2. The lowest BCUT2D eigenvalue weighted by atomic mass is 10.2. The molecule has 1 amide bonds. The number of aromatic nitrogens is 2. The number of rotatable bonds is 3. The Morgan fingerprint density at radius 3 is 3.15 bits per heavy atom. The topological polar surface area (TPSA) is 81.6 Å². The summed E-state index contributed by atoms with van der Waals surface area (Å²) in [5.41, 5.74) is 0.439. The van der Waals surface area contributed by atoms with Crippen molar-refractivity contribution in [1.29, 1.82) is 5.26 Å². The summed E-state index contributed by atoms with van der Waals surface area (Å²) >= 11 is 0. The number of nitrogens with zero attached hydrogens (tertiary/aromatic N) is 2. The Balaban J connectivity index is 2.57. The lowest BCUT2D eigenvalue weighted by Gasteiger charge is -2.06. The molecule has 0 saturated carbocycles. The highest BCUT2D eigenvalue weighted by Gasteiger charge is 2.11. The Morgan fingerprint density at radius 1 is 1.92 bits per heavy atom. The molecule has 13 heavy (non-hydrogen) atoms. The van der Waals surface area contributed by atoms with E-state index in [4.69, 9.17) is 5.26 Å². The molecule has 5 heteroatoms. The fourth-order valence-electron chi connectivity index (χ4n) is 0.842. The molecule has 0 saturated heterocycles. The third-order valence-corrected chi connectivity index (χ3v) is 1.63. The quantitative estimate of drug-likeness (QED) is 0.704. The molecule has 0 fully saturated rings. The van der Waals surface area contributed by atoms with Crippen LogP contribution < -0.4 is 5.32 Å².